The Labute approximate surface area is 302 Å². The Hall–Kier alpha value is -3.24. The van der Waals surface area contributed by atoms with Gasteiger partial charge in [0.1, 0.15) is 17.8 Å². The molecule has 0 unspecified atom stereocenters. The first-order valence-corrected chi connectivity index (χ1v) is 19.3. The maximum Gasteiger partial charge on any atom is 0.410 e. The minimum Gasteiger partial charge on any atom is -0.489 e. The van der Waals surface area contributed by atoms with Gasteiger partial charge in [0, 0.05) is 6.54 Å². The van der Waals surface area contributed by atoms with Crippen molar-refractivity contribution in [1.82, 2.24) is 4.90 Å². The topological polar surface area (TPSA) is 83.5 Å². The summed E-state index contributed by atoms with van der Waals surface area (Å²) < 4.78 is 30.8. The lowest BCUT2D eigenvalue weighted by molar-refractivity contribution is 0.0173. The van der Waals surface area contributed by atoms with Gasteiger partial charge in [-0.25, -0.2) is 9.59 Å². The van der Waals surface area contributed by atoms with Crippen LogP contribution >= 0.6 is 23.2 Å². The summed E-state index contributed by atoms with van der Waals surface area (Å²) in [6, 6.07) is 20.3. The van der Waals surface area contributed by atoms with E-state index in [1.54, 1.807) is 11.8 Å². The number of hydrogen-bond donors (Lipinski definition) is 0. The predicted octanol–water partition coefficient (Wildman–Crippen LogP) is 8.21. The number of benzene rings is 3. The Morgan fingerprint density at radius 1 is 0.898 bits per heavy atom. The molecule has 4 rings (SSSR count). The number of ether oxygens (including phenoxy) is 4. The van der Waals surface area contributed by atoms with E-state index >= 15 is 0 Å². The van der Waals surface area contributed by atoms with Gasteiger partial charge in [0.25, 0.3) is 8.32 Å². The van der Waals surface area contributed by atoms with Crippen LogP contribution in [-0.2, 0) is 13.9 Å². The molecule has 0 saturated carbocycles. The van der Waals surface area contributed by atoms with Crippen molar-refractivity contribution in [2.75, 3.05) is 20.3 Å². The number of hydrogen-bond acceptors (Lipinski definition) is 7. The molecule has 49 heavy (non-hydrogen) atoms. The number of esters is 1. The van der Waals surface area contributed by atoms with Crippen molar-refractivity contribution < 1.29 is 33.0 Å². The van der Waals surface area contributed by atoms with Crippen molar-refractivity contribution in [1.29, 1.82) is 0 Å². The average molecular weight is 731 g/mol. The van der Waals surface area contributed by atoms with E-state index in [-0.39, 0.29) is 57.5 Å². The molecule has 11 heteroatoms. The maximum atomic E-state index is 13.8. The summed E-state index contributed by atoms with van der Waals surface area (Å²) in [5.41, 5.74) is -0.249. The van der Waals surface area contributed by atoms with Gasteiger partial charge in [0.05, 0.1) is 35.4 Å². The van der Waals surface area contributed by atoms with E-state index in [0.717, 1.165) is 10.4 Å². The van der Waals surface area contributed by atoms with Crippen LogP contribution in [0.5, 0.6) is 11.5 Å². The molecule has 1 amide bonds. The summed E-state index contributed by atoms with van der Waals surface area (Å²) in [7, 11) is -1.69. The SMILES string of the molecule is COC(=O)c1c(OC[C@H]2C[C@@H](O[Si](c3ccccc3)(c3ccccc3)C(C)(C)C)CN2C(=O)OC(C)(C)C)c(Cl)c(C)c(Cl)c1OC(C)C. The third-order valence-electron chi connectivity index (χ3n) is 8.44. The second-order valence-corrected chi connectivity index (χ2v) is 19.7. The van der Waals surface area contributed by atoms with Crippen LogP contribution in [0, 0.1) is 6.92 Å². The number of carbonyl (C=O) groups excluding carboxylic acids is 2. The van der Waals surface area contributed by atoms with Crippen molar-refractivity contribution >= 4 is 54.0 Å². The molecule has 0 radical (unpaired) electrons. The highest BCUT2D eigenvalue weighted by Gasteiger charge is 2.53. The van der Waals surface area contributed by atoms with E-state index < -0.39 is 32.0 Å². The van der Waals surface area contributed by atoms with Crippen LogP contribution in [0.15, 0.2) is 60.7 Å². The van der Waals surface area contributed by atoms with Gasteiger partial charge in [0.15, 0.2) is 11.5 Å². The quantitative estimate of drug-likeness (QED) is 0.154. The second kappa shape index (κ2) is 15.3. The van der Waals surface area contributed by atoms with Crippen LogP contribution in [0.4, 0.5) is 4.79 Å². The van der Waals surface area contributed by atoms with Crippen molar-refractivity contribution in [2.24, 2.45) is 0 Å². The molecule has 3 aromatic rings. The van der Waals surface area contributed by atoms with Crippen LogP contribution in [0.3, 0.4) is 0 Å². The summed E-state index contributed by atoms with van der Waals surface area (Å²) >= 11 is 13.4. The minimum atomic E-state index is -2.95. The zero-order valence-corrected chi connectivity index (χ0v) is 32.7. The Morgan fingerprint density at radius 3 is 1.90 bits per heavy atom. The summed E-state index contributed by atoms with van der Waals surface area (Å²) in [5.74, 6) is -0.506. The maximum absolute atomic E-state index is 13.8. The molecule has 1 heterocycles. The zero-order chi connectivity index (χ0) is 36.3. The molecule has 0 bridgehead atoms. The third kappa shape index (κ3) is 8.39. The molecule has 3 aromatic carbocycles. The van der Waals surface area contributed by atoms with Crippen LogP contribution in [0.2, 0.25) is 15.1 Å². The summed E-state index contributed by atoms with van der Waals surface area (Å²) in [6.07, 6.45) is -0.678. The predicted molar refractivity (Wildman–Crippen MR) is 198 cm³/mol. The van der Waals surface area contributed by atoms with E-state index in [2.05, 4.69) is 45.0 Å². The van der Waals surface area contributed by atoms with Crippen molar-refractivity contribution in [3.8, 4) is 11.5 Å². The molecular weight excluding hydrogens is 681 g/mol. The van der Waals surface area contributed by atoms with Crippen molar-refractivity contribution in [2.45, 2.75) is 97.6 Å². The van der Waals surface area contributed by atoms with E-state index in [0.29, 0.717) is 12.0 Å². The standard InChI is InChI=1S/C38H49Cl2NO7Si/c1-24(2)46-34-30(35(42)44-10)33(31(39)25(3)32(34)40)45-23-26-21-27(22-41(26)36(43)47-37(4,5)6)48-49(38(7,8)9,28-17-13-11-14-18-28)29-19-15-12-16-20-29/h11-20,24,26-27H,21-23H2,1-10H3/t26-,27-/m1/s1. The number of methoxy groups -OCH3 is 1. The minimum absolute atomic E-state index is 0.00818. The number of carbonyl (C=O) groups is 2. The molecule has 2 atom stereocenters. The Kier molecular flexibility index (Phi) is 12.1. The van der Waals surface area contributed by atoms with Crippen molar-refractivity contribution in [3.63, 3.8) is 0 Å². The first-order chi connectivity index (χ1) is 22.9. The molecule has 266 valence electrons. The lowest BCUT2D eigenvalue weighted by atomic mass is 10.1. The van der Waals surface area contributed by atoms with Gasteiger partial charge in [-0.2, -0.15) is 0 Å². The lowest BCUT2D eigenvalue weighted by Gasteiger charge is -2.44. The Morgan fingerprint density at radius 2 is 1.43 bits per heavy atom. The molecule has 0 aromatic heterocycles. The average Bonchev–Trinajstić information content (AvgIpc) is 3.44. The summed E-state index contributed by atoms with van der Waals surface area (Å²) in [6.45, 7) is 17.8. The van der Waals surface area contributed by atoms with Gasteiger partial charge in [-0.1, -0.05) is 105 Å². The smallest absolute Gasteiger partial charge is 0.410 e. The van der Waals surface area contributed by atoms with E-state index in [4.69, 9.17) is 46.6 Å². The Balaban J connectivity index is 1.77. The molecule has 1 fully saturated rings. The van der Waals surface area contributed by atoms with Gasteiger partial charge in [0.2, 0.25) is 0 Å². The van der Waals surface area contributed by atoms with Crippen molar-refractivity contribution in [3.05, 3.63) is 81.8 Å². The molecule has 1 saturated heterocycles. The normalized spacial score (nSPS) is 16.9. The number of rotatable bonds is 10. The van der Waals surface area contributed by atoms with Gasteiger partial charge >= 0.3 is 12.1 Å². The molecule has 0 aliphatic carbocycles. The van der Waals surface area contributed by atoms with Crippen LogP contribution < -0.4 is 19.8 Å². The Bertz CT molecular complexity index is 1580. The third-order valence-corrected chi connectivity index (χ3v) is 14.4. The summed E-state index contributed by atoms with van der Waals surface area (Å²) in [5, 5.41) is 2.37. The molecule has 0 N–H and O–H groups in total. The fraction of sp³-hybridized carbons (Fsp3) is 0.474. The first kappa shape index (κ1) is 38.6. The highest BCUT2D eigenvalue weighted by Crippen LogP contribution is 2.46. The first-order valence-electron chi connectivity index (χ1n) is 16.6. The fourth-order valence-corrected chi connectivity index (χ4v) is 11.5. The molecule has 1 aliphatic heterocycles. The number of halogens is 2. The van der Waals surface area contributed by atoms with Crippen LogP contribution in [0.1, 0.15) is 77.7 Å². The van der Waals surface area contributed by atoms with Gasteiger partial charge in [-0.15, -0.1) is 0 Å². The largest absolute Gasteiger partial charge is 0.489 e. The van der Waals surface area contributed by atoms with E-state index in [1.165, 1.54) is 7.11 Å². The molecule has 8 nitrogen and oxygen atoms in total. The zero-order valence-electron chi connectivity index (χ0n) is 30.2. The highest BCUT2D eigenvalue weighted by atomic mass is 35.5. The van der Waals surface area contributed by atoms with Gasteiger partial charge in [-0.05, 0) is 68.9 Å². The second-order valence-electron chi connectivity index (χ2n) is 14.7. The van der Waals surface area contributed by atoms with E-state index in [9.17, 15) is 9.59 Å². The van der Waals surface area contributed by atoms with Crippen LogP contribution in [0.25, 0.3) is 0 Å². The molecular formula is C38H49Cl2NO7Si. The number of likely N-dealkylation sites (tertiary alicyclic amines) is 1. The van der Waals surface area contributed by atoms with E-state index in [1.807, 2.05) is 71.0 Å². The van der Waals surface area contributed by atoms with Gasteiger partial charge in [-0.3, -0.25) is 4.90 Å². The molecule has 1 aliphatic rings. The van der Waals surface area contributed by atoms with Gasteiger partial charge < -0.3 is 23.4 Å². The number of amides is 1. The monoisotopic (exact) mass is 729 g/mol. The highest BCUT2D eigenvalue weighted by molar-refractivity contribution is 6.99. The fourth-order valence-electron chi connectivity index (χ4n) is 6.31. The van der Waals surface area contributed by atoms with Crippen LogP contribution in [-0.4, -0.2) is 69.4 Å². The lowest BCUT2D eigenvalue weighted by Crippen LogP contribution is -2.67. The number of nitrogens with zero attached hydrogens (tertiary/aromatic N) is 1. The summed E-state index contributed by atoms with van der Waals surface area (Å²) in [4.78, 5) is 28.6. The molecule has 0 spiro atoms.